The maximum absolute atomic E-state index is 12.8. The van der Waals surface area contributed by atoms with Crippen molar-refractivity contribution in [1.29, 1.82) is 0 Å². The number of quaternary nitrogens is 1. The maximum atomic E-state index is 12.8. The van der Waals surface area contributed by atoms with Gasteiger partial charge in [-0.3, -0.25) is 0 Å². The van der Waals surface area contributed by atoms with Crippen LogP contribution >= 0.6 is 0 Å². The van der Waals surface area contributed by atoms with Gasteiger partial charge in [-0.25, -0.2) is 4.39 Å². The molecule has 2 aliphatic rings. The first-order valence-electron chi connectivity index (χ1n) is 6.24. The van der Waals surface area contributed by atoms with Gasteiger partial charge < -0.3 is 21.5 Å². The minimum absolute atomic E-state index is 0. The zero-order valence-corrected chi connectivity index (χ0v) is 11.8. The zero-order valence-electron chi connectivity index (χ0n) is 10.2. The predicted molar refractivity (Wildman–Crippen MR) is 62.3 cm³/mol. The van der Waals surface area contributed by atoms with Gasteiger partial charge >= 0.3 is 0 Å². The second kappa shape index (κ2) is 4.69. The third-order valence-corrected chi connectivity index (χ3v) is 4.53. The highest BCUT2D eigenvalue weighted by Crippen LogP contribution is 2.42. The molecular formula is C14H19BrFN. The summed E-state index contributed by atoms with van der Waals surface area (Å²) in [5.74, 6) is 0.824. The average Bonchev–Trinajstić information content (AvgIpc) is 2.81. The molecule has 0 amide bonds. The van der Waals surface area contributed by atoms with Crippen LogP contribution in [-0.2, 0) is 6.54 Å². The van der Waals surface area contributed by atoms with Crippen LogP contribution in [0.15, 0.2) is 24.3 Å². The summed E-state index contributed by atoms with van der Waals surface area (Å²) in [6, 6.07) is 7.89. The molecule has 94 valence electrons. The van der Waals surface area contributed by atoms with Gasteiger partial charge in [0.25, 0.3) is 0 Å². The van der Waals surface area contributed by atoms with E-state index in [-0.39, 0.29) is 22.8 Å². The van der Waals surface area contributed by atoms with Crippen molar-refractivity contribution in [3.05, 3.63) is 35.6 Å². The number of hydrogen-bond donors (Lipinski definition) is 0. The smallest absolute Gasteiger partial charge is 0.123 e. The molecule has 1 aromatic rings. The fourth-order valence-corrected chi connectivity index (χ4v) is 3.72. The van der Waals surface area contributed by atoms with E-state index in [0.717, 1.165) is 18.5 Å². The molecule has 3 heteroatoms. The monoisotopic (exact) mass is 299 g/mol. The molecule has 1 saturated heterocycles. The first kappa shape index (κ1) is 13.0. The standard InChI is InChI=1S/C14H19FN.BrH/c1-16(10-12-4-7-14(16)8-12)9-11-2-5-13(15)6-3-11;/h2-3,5-6,12,14H,4,7-10H2,1H3;1H/q+1;/p-1/t12?,14-,16?;/m0./s1. The molecule has 2 unspecified atom stereocenters. The lowest BCUT2D eigenvalue weighted by atomic mass is 10.1. The average molecular weight is 300 g/mol. The third kappa shape index (κ3) is 2.41. The number of fused-ring (bicyclic) bond motifs is 2. The van der Waals surface area contributed by atoms with Gasteiger partial charge in [-0.05, 0) is 25.0 Å². The maximum Gasteiger partial charge on any atom is 0.123 e. The van der Waals surface area contributed by atoms with Crippen molar-refractivity contribution in [3.8, 4) is 0 Å². The molecule has 1 aromatic carbocycles. The summed E-state index contributed by atoms with van der Waals surface area (Å²) in [7, 11) is 2.37. The Morgan fingerprint density at radius 1 is 1.24 bits per heavy atom. The number of likely N-dealkylation sites (tertiary alicyclic amines) is 1. The van der Waals surface area contributed by atoms with Crippen LogP contribution in [0.2, 0.25) is 0 Å². The lowest BCUT2D eigenvalue weighted by Crippen LogP contribution is -3.00. The lowest BCUT2D eigenvalue weighted by Gasteiger charge is -2.38. The van der Waals surface area contributed by atoms with E-state index in [2.05, 4.69) is 7.05 Å². The van der Waals surface area contributed by atoms with Crippen LogP contribution in [0.1, 0.15) is 24.8 Å². The molecule has 0 radical (unpaired) electrons. The number of nitrogens with zero attached hydrogens (tertiary/aromatic N) is 1. The molecule has 3 atom stereocenters. The van der Waals surface area contributed by atoms with Crippen molar-refractivity contribution in [2.45, 2.75) is 31.8 Å². The van der Waals surface area contributed by atoms with E-state index >= 15 is 0 Å². The van der Waals surface area contributed by atoms with Gasteiger partial charge in [0, 0.05) is 17.9 Å². The summed E-state index contributed by atoms with van der Waals surface area (Å²) in [6.07, 6.45) is 4.24. The zero-order chi connectivity index (χ0) is 11.2. The summed E-state index contributed by atoms with van der Waals surface area (Å²) < 4.78 is 14.0. The van der Waals surface area contributed by atoms with E-state index in [0.29, 0.717) is 0 Å². The number of benzene rings is 1. The highest BCUT2D eigenvalue weighted by molar-refractivity contribution is 5.15. The van der Waals surface area contributed by atoms with Gasteiger partial charge in [0.1, 0.15) is 12.4 Å². The molecule has 17 heavy (non-hydrogen) atoms. The van der Waals surface area contributed by atoms with Gasteiger partial charge in [0.2, 0.25) is 0 Å². The van der Waals surface area contributed by atoms with Crippen LogP contribution in [0.25, 0.3) is 0 Å². The summed E-state index contributed by atoms with van der Waals surface area (Å²) >= 11 is 0. The fraction of sp³-hybridized carbons (Fsp3) is 0.571. The number of piperidine rings is 1. The van der Waals surface area contributed by atoms with Crippen LogP contribution in [0, 0.1) is 11.7 Å². The second-order valence-electron chi connectivity index (χ2n) is 5.78. The minimum Gasteiger partial charge on any atom is -1.00 e. The van der Waals surface area contributed by atoms with Gasteiger partial charge in [0.05, 0.1) is 19.6 Å². The van der Waals surface area contributed by atoms with Crippen LogP contribution in [0.3, 0.4) is 0 Å². The topological polar surface area (TPSA) is 0 Å². The molecule has 3 rings (SSSR count). The molecule has 2 fully saturated rings. The Morgan fingerprint density at radius 2 is 1.94 bits per heavy atom. The largest absolute Gasteiger partial charge is 1.00 e. The third-order valence-electron chi connectivity index (χ3n) is 4.53. The number of hydrogen-bond acceptors (Lipinski definition) is 0. The van der Waals surface area contributed by atoms with Crippen molar-refractivity contribution in [1.82, 2.24) is 0 Å². The van der Waals surface area contributed by atoms with Crippen molar-refractivity contribution < 1.29 is 25.9 Å². The Balaban J connectivity index is 0.00000108. The van der Waals surface area contributed by atoms with Crippen molar-refractivity contribution >= 4 is 0 Å². The lowest BCUT2D eigenvalue weighted by molar-refractivity contribution is -0.938. The molecule has 1 heterocycles. The van der Waals surface area contributed by atoms with Crippen molar-refractivity contribution in [2.75, 3.05) is 13.6 Å². The molecular weight excluding hydrogens is 281 g/mol. The Hall–Kier alpha value is -0.410. The number of rotatable bonds is 2. The van der Waals surface area contributed by atoms with E-state index in [4.69, 9.17) is 0 Å². The predicted octanol–water partition coefficient (Wildman–Crippen LogP) is -0.0414. The Kier molecular flexibility index (Phi) is 3.60. The van der Waals surface area contributed by atoms with Crippen LogP contribution in [0.5, 0.6) is 0 Å². The highest BCUT2D eigenvalue weighted by atomic mass is 79.9. The quantitative estimate of drug-likeness (QED) is 0.672. The summed E-state index contributed by atoms with van der Waals surface area (Å²) in [5, 5.41) is 0. The molecule has 0 N–H and O–H groups in total. The molecule has 1 saturated carbocycles. The van der Waals surface area contributed by atoms with Gasteiger partial charge in [-0.2, -0.15) is 0 Å². The van der Waals surface area contributed by atoms with E-state index in [9.17, 15) is 4.39 Å². The first-order chi connectivity index (χ1) is 7.66. The second-order valence-corrected chi connectivity index (χ2v) is 5.78. The molecule has 0 aromatic heterocycles. The Bertz CT molecular complexity index is 392. The molecule has 0 spiro atoms. The van der Waals surface area contributed by atoms with E-state index in [1.54, 1.807) is 12.1 Å². The van der Waals surface area contributed by atoms with Crippen LogP contribution < -0.4 is 17.0 Å². The van der Waals surface area contributed by atoms with E-state index < -0.39 is 0 Å². The van der Waals surface area contributed by atoms with Gasteiger partial charge in [0.15, 0.2) is 0 Å². The first-order valence-corrected chi connectivity index (χ1v) is 6.24. The van der Waals surface area contributed by atoms with E-state index in [1.165, 1.54) is 35.9 Å². The summed E-state index contributed by atoms with van der Waals surface area (Å²) in [4.78, 5) is 0. The Labute approximate surface area is 113 Å². The Morgan fingerprint density at radius 3 is 2.47 bits per heavy atom. The highest BCUT2D eigenvalue weighted by Gasteiger charge is 2.48. The van der Waals surface area contributed by atoms with Gasteiger partial charge in [-0.15, -0.1) is 0 Å². The van der Waals surface area contributed by atoms with Crippen LogP contribution in [-0.4, -0.2) is 24.1 Å². The molecule has 2 bridgehead atoms. The molecule has 1 aliphatic carbocycles. The number of halogens is 2. The SMILES string of the molecule is C[N+]1(Cc2ccc(F)cc2)CC2CC[C@H]1C2.[Br-]. The summed E-state index contributed by atoms with van der Waals surface area (Å²) in [6.45, 7) is 2.39. The summed E-state index contributed by atoms with van der Waals surface area (Å²) in [5.41, 5.74) is 1.27. The van der Waals surface area contributed by atoms with Crippen LogP contribution in [0.4, 0.5) is 4.39 Å². The normalized spacial score (nSPS) is 34.7. The van der Waals surface area contributed by atoms with Crippen molar-refractivity contribution in [3.63, 3.8) is 0 Å². The minimum atomic E-state index is -0.130. The molecule has 1 nitrogen and oxygen atoms in total. The fourth-order valence-electron chi connectivity index (χ4n) is 3.72. The van der Waals surface area contributed by atoms with Crippen molar-refractivity contribution in [2.24, 2.45) is 5.92 Å². The van der Waals surface area contributed by atoms with E-state index in [1.807, 2.05) is 12.1 Å². The van der Waals surface area contributed by atoms with Gasteiger partial charge in [-0.1, -0.05) is 12.1 Å². The molecule has 1 aliphatic heterocycles.